The molecule has 4 bridgehead atoms. The van der Waals surface area contributed by atoms with Crippen LogP contribution in [0.1, 0.15) is 59.3 Å². The Bertz CT molecular complexity index is 294. The Morgan fingerprint density at radius 3 is 2.00 bits per heavy atom. The second-order valence-corrected chi connectivity index (χ2v) is 7.49. The lowest BCUT2D eigenvalue weighted by Crippen LogP contribution is -2.54. The van der Waals surface area contributed by atoms with Gasteiger partial charge in [0.1, 0.15) is 0 Å². The van der Waals surface area contributed by atoms with Crippen molar-refractivity contribution in [2.75, 3.05) is 0 Å². The van der Waals surface area contributed by atoms with Crippen molar-refractivity contribution in [2.24, 2.45) is 22.2 Å². The van der Waals surface area contributed by atoms with Crippen LogP contribution < -0.4 is 0 Å². The summed E-state index contributed by atoms with van der Waals surface area (Å²) in [4.78, 5) is 0. The predicted octanol–water partition coefficient (Wildman–Crippen LogP) is 4.56. The molecular weight excluding hydrogens is 180 g/mol. The van der Waals surface area contributed by atoms with Crippen molar-refractivity contribution in [3.05, 3.63) is 12.2 Å². The third kappa shape index (κ3) is 1.40. The van der Waals surface area contributed by atoms with Gasteiger partial charge in [-0.15, -0.1) is 0 Å². The molecule has 0 spiro atoms. The first kappa shape index (κ1) is 9.93. The van der Waals surface area contributed by atoms with Gasteiger partial charge in [-0.25, -0.2) is 0 Å². The molecule has 0 aromatic rings. The first-order chi connectivity index (χ1) is 6.97. The minimum Gasteiger partial charge on any atom is -0.0911 e. The van der Waals surface area contributed by atoms with E-state index in [2.05, 4.69) is 32.9 Å². The summed E-state index contributed by atoms with van der Waals surface area (Å²) >= 11 is 0. The van der Waals surface area contributed by atoms with E-state index >= 15 is 0 Å². The van der Waals surface area contributed by atoms with Crippen LogP contribution in [0.3, 0.4) is 0 Å². The Balaban J connectivity index is 2.01. The number of hydrogen-bond donors (Lipinski definition) is 0. The monoisotopic (exact) mass is 204 g/mol. The van der Waals surface area contributed by atoms with Crippen LogP contribution in [0.15, 0.2) is 12.2 Å². The van der Waals surface area contributed by atoms with Crippen LogP contribution in [0.2, 0.25) is 0 Å². The zero-order valence-corrected chi connectivity index (χ0v) is 10.5. The molecule has 4 aliphatic rings. The van der Waals surface area contributed by atoms with E-state index in [0.717, 1.165) is 5.92 Å². The van der Waals surface area contributed by atoms with E-state index in [4.69, 9.17) is 0 Å². The molecule has 4 saturated carbocycles. The Labute approximate surface area is 94.1 Å². The predicted molar refractivity (Wildman–Crippen MR) is 64.7 cm³/mol. The molecule has 0 amide bonds. The molecule has 84 valence electrons. The van der Waals surface area contributed by atoms with Gasteiger partial charge >= 0.3 is 0 Å². The van der Waals surface area contributed by atoms with Gasteiger partial charge in [-0.05, 0) is 67.6 Å². The SMILES string of the molecule is C/C=C/C12CC3CC(C)(CC(C)(C3)C1)C2. The molecule has 4 fully saturated rings. The van der Waals surface area contributed by atoms with Gasteiger partial charge in [-0.1, -0.05) is 26.0 Å². The van der Waals surface area contributed by atoms with Crippen LogP contribution in [0.25, 0.3) is 0 Å². The van der Waals surface area contributed by atoms with Crippen molar-refractivity contribution >= 4 is 0 Å². The molecule has 0 aromatic heterocycles. The molecule has 0 aromatic carbocycles. The Kier molecular flexibility index (Phi) is 1.79. The molecule has 0 nitrogen and oxygen atoms in total. The molecule has 0 N–H and O–H groups in total. The van der Waals surface area contributed by atoms with Gasteiger partial charge in [0, 0.05) is 0 Å². The normalized spacial score (nSPS) is 57.9. The van der Waals surface area contributed by atoms with Crippen molar-refractivity contribution in [2.45, 2.75) is 59.3 Å². The lowest BCUT2D eigenvalue weighted by atomic mass is 9.40. The van der Waals surface area contributed by atoms with Gasteiger partial charge in [0.15, 0.2) is 0 Å². The highest BCUT2D eigenvalue weighted by Crippen LogP contribution is 2.69. The summed E-state index contributed by atoms with van der Waals surface area (Å²) < 4.78 is 0. The third-order valence-electron chi connectivity index (χ3n) is 5.19. The molecule has 0 heteroatoms. The van der Waals surface area contributed by atoms with E-state index in [-0.39, 0.29) is 0 Å². The van der Waals surface area contributed by atoms with E-state index in [1.807, 2.05) is 0 Å². The molecule has 4 aliphatic carbocycles. The van der Waals surface area contributed by atoms with Crippen molar-refractivity contribution in [1.82, 2.24) is 0 Å². The highest BCUT2D eigenvalue weighted by Gasteiger charge is 2.58. The van der Waals surface area contributed by atoms with Gasteiger partial charge in [0.05, 0.1) is 0 Å². The number of hydrogen-bond acceptors (Lipinski definition) is 0. The zero-order chi connectivity index (χ0) is 10.7. The summed E-state index contributed by atoms with van der Waals surface area (Å²) in [5.41, 5.74) is 1.94. The second kappa shape index (κ2) is 2.70. The van der Waals surface area contributed by atoms with E-state index in [9.17, 15) is 0 Å². The summed E-state index contributed by atoms with van der Waals surface area (Å²) in [5, 5.41) is 0. The maximum absolute atomic E-state index is 2.55. The summed E-state index contributed by atoms with van der Waals surface area (Å²) in [6, 6.07) is 0. The first-order valence-electron chi connectivity index (χ1n) is 6.61. The molecular formula is C15H24. The van der Waals surface area contributed by atoms with Crippen LogP contribution in [-0.4, -0.2) is 0 Å². The molecule has 15 heavy (non-hydrogen) atoms. The van der Waals surface area contributed by atoms with Crippen LogP contribution in [0, 0.1) is 22.2 Å². The third-order valence-corrected chi connectivity index (χ3v) is 5.19. The fourth-order valence-electron chi connectivity index (χ4n) is 6.08. The molecule has 0 heterocycles. The largest absolute Gasteiger partial charge is 0.0911 e. The van der Waals surface area contributed by atoms with Crippen molar-refractivity contribution in [3.63, 3.8) is 0 Å². The lowest BCUT2D eigenvalue weighted by Gasteiger charge is -2.65. The summed E-state index contributed by atoms with van der Waals surface area (Å²) in [5.74, 6) is 1.03. The Morgan fingerprint density at radius 2 is 1.53 bits per heavy atom. The van der Waals surface area contributed by atoms with Gasteiger partial charge in [-0.3, -0.25) is 0 Å². The van der Waals surface area contributed by atoms with Crippen molar-refractivity contribution < 1.29 is 0 Å². The molecule has 0 aliphatic heterocycles. The summed E-state index contributed by atoms with van der Waals surface area (Å²) in [6.45, 7) is 7.30. The summed E-state index contributed by atoms with van der Waals surface area (Å²) in [7, 11) is 0. The average molecular weight is 204 g/mol. The second-order valence-electron chi connectivity index (χ2n) is 7.49. The maximum atomic E-state index is 2.55. The molecule has 0 radical (unpaired) electrons. The van der Waals surface area contributed by atoms with E-state index in [0.29, 0.717) is 16.2 Å². The van der Waals surface area contributed by atoms with E-state index in [1.54, 1.807) is 0 Å². The van der Waals surface area contributed by atoms with Gasteiger partial charge < -0.3 is 0 Å². The molecule has 4 rings (SSSR count). The van der Waals surface area contributed by atoms with Crippen molar-refractivity contribution in [1.29, 1.82) is 0 Å². The lowest BCUT2D eigenvalue weighted by molar-refractivity contribution is -0.124. The Morgan fingerprint density at radius 1 is 0.933 bits per heavy atom. The highest BCUT2D eigenvalue weighted by atomic mass is 14.6. The Hall–Kier alpha value is -0.260. The smallest absolute Gasteiger partial charge is 0.0105 e. The molecule has 2 unspecified atom stereocenters. The quantitative estimate of drug-likeness (QED) is 0.549. The topological polar surface area (TPSA) is 0 Å². The minimum atomic E-state index is 0.595. The first-order valence-corrected chi connectivity index (χ1v) is 6.61. The van der Waals surface area contributed by atoms with E-state index in [1.165, 1.54) is 38.5 Å². The maximum Gasteiger partial charge on any atom is -0.0105 e. The summed E-state index contributed by atoms with van der Waals surface area (Å²) in [6.07, 6.45) is 13.8. The van der Waals surface area contributed by atoms with Gasteiger partial charge in [0.25, 0.3) is 0 Å². The fraction of sp³-hybridized carbons (Fsp3) is 0.867. The zero-order valence-electron chi connectivity index (χ0n) is 10.5. The van der Waals surface area contributed by atoms with Crippen LogP contribution in [-0.2, 0) is 0 Å². The van der Waals surface area contributed by atoms with Gasteiger partial charge in [0.2, 0.25) is 0 Å². The van der Waals surface area contributed by atoms with Crippen LogP contribution in [0.5, 0.6) is 0 Å². The molecule has 2 atom stereocenters. The fourth-order valence-corrected chi connectivity index (χ4v) is 6.08. The van der Waals surface area contributed by atoms with Crippen LogP contribution in [0.4, 0.5) is 0 Å². The number of allylic oxidation sites excluding steroid dienone is 2. The standard InChI is InChI=1S/C15H24/c1-4-5-15-8-12-6-13(2,10-15)9-14(3,7-12)11-15/h4-5,12H,6-11H2,1-3H3/b5-4+. The highest BCUT2D eigenvalue weighted by molar-refractivity contribution is 5.16. The molecule has 0 saturated heterocycles. The van der Waals surface area contributed by atoms with Crippen molar-refractivity contribution in [3.8, 4) is 0 Å². The van der Waals surface area contributed by atoms with Gasteiger partial charge in [-0.2, -0.15) is 0 Å². The van der Waals surface area contributed by atoms with Crippen LogP contribution >= 0.6 is 0 Å². The van der Waals surface area contributed by atoms with E-state index < -0.39 is 0 Å². The minimum absolute atomic E-state index is 0.595. The average Bonchev–Trinajstić information content (AvgIpc) is 1.94. The number of rotatable bonds is 1.